The molecule has 6 nitrogen and oxygen atoms in total. The smallest absolute Gasteiger partial charge is 0.385 e. The Hall–Kier alpha value is -3.72. The van der Waals surface area contributed by atoms with E-state index in [-0.39, 0.29) is 33.8 Å². The Morgan fingerprint density at radius 1 is 0.795 bits per heavy atom. The third kappa shape index (κ3) is 34.3. The summed E-state index contributed by atoms with van der Waals surface area (Å²) in [5, 5.41) is 9.20. The van der Waals surface area contributed by atoms with Crippen LogP contribution in [0.4, 0.5) is 0 Å². The molecule has 0 amide bonds. The molecule has 1 N–H and O–H groups in total. The number of ether oxygens (including phenoxy) is 2. The Labute approximate surface area is 256 Å². The van der Waals surface area contributed by atoms with Crippen molar-refractivity contribution in [3.05, 3.63) is 0 Å². The number of carbonyl (C=O) groups is 3. The number of hydrogen-bond donors (Lipinski definition) is 2. The highest BCUT2D eigenvalue weighted by atomic mass is 32.1. The average molecular weight is 573 g/mol. The molecule has 230 valence electrons. The van der Waals surface area contributed by atoms with E-state index < -0.39 is 24.6 Å². The largest absolute Gasteiger partial charge is 0.456 e. The molecule has 0 aromatic carbocycles. The molecule has 0 bridgehead atoms. The first-order valence-electron chi connectivity index (χ1n) is 13.0. The summed E-state index contributed by atoms with van der Waals surface area (Å²) in [6, 6.07) is 0. The van der Waals surface area contributed by atoms with Crippen LogP contribution in [-0.2, 0) is 23.9 Å². The predicted octanol–water partition coefficient (Wildman–Crippen LogP) is 6.95. The van der Waals surface area contributed by atoms with Crippen LogP contribution in [0.25, 0.3) is 0 Å². The maximum absolute atomic E-state index is 11.9. The molecule has 0 aliphatic heterocycles. The van der Waals surface area contributed by atoms with Crippen molar-refractivity contribution in [2.45, 2.75) is 97.0 Å². The van der Waals surface area contributed by atoms with Crippen molar-refractivity contribution in [3.63, 3.8) is 0 Å². The number of rotatable bonds is 16. The van der Waals surface area contributed by atoms with Crippen LogP contribution in [0, 0.1) is 71.5 Å². The van der Waals surface area contributed by atoms with Gasteiger partial charge in [-0.3, -0.25) is 9.59 Å². The molecule has 0 radical (unpaired) electrons. The number of aliphatic hydroxyl groups is 1. The van der Waals surface area contributed by atoms with Crippen molar-refractivity contribution in [2.24, 2.45) is 0 Å². The maximum Gasteiger partial charge on any atom is 0.385 e. The maximum atomic E-state index is 11.9. The van der Waals surface area contributed by atoms with Gasteiger partial charge in [-0.2, -0.15) is 0 Å². The second-order valence-electron chi connectivity index (χ2n) is 8.09. The van der Waals surface area contributed by atoms with Crippen LogP contribution in [0.15, 0.2) is 0 Å². The molecule has 0 saturated heterocycles. The number of terminal acetylenes is 1. The normalized spacial score (nSPS) is 9.10. The Balaban J connectivity index is -0.0000000784. The standard InChI is InChI=1S/C30H34O5.C2H4OS.11H2/c1-3-5-7-9-11-13-15-17-19-21-23-25-30(33)35-28(26-31)27-34-29(32)24-22-20-18-16-14-12-10-8-6-4-2;1-2(3)4;;;;;;;;;;;/h2,28,31H,3,5,7,9,11,13,15,17,19,21,23,25-27H2,1H3;1H3,(H,3,4);11*1H/t28-;;;;;;;;;;;;/m0............/s1. The van der Waals surface area contributed by atoms with Gasteiger partial charge in [0.05, 0.1) is 6.61 Å². The third-order valence-electron chi connectivity index (χ3n) is 4.62. The molecule has 1 atom stereocenters. The van der Waals surface area contributed by atoms with Gasteiger partial charge in [-0.1, -0.05) is 71.1 Å². The second-order valence-corrected chi connectivity index (χ2v) is 8.72. The zero-order valence-electron chi connectivity index (χ0n) is 23.0. The fourth-order valence-corrected chi connectivity index (χ4v) is 2.84. The predicted molar refractivity (Wildman–Crippen MR) is 180 cm³/mol. The zero-order valence-corrected chi connectivity index (χ0v) is 23.9. The SMILES string of the molecule is C#CC#CC#CC#CC#CC#CC(=O)OC[C@H](CO)OC(=O)CCCCCCCCCCCCC.CC(=O)S.[HH].[HH].[HH].[HH].[HH].[HH].[HH].[HH].[HH].[HH].[HH]. The third-order valence-corrected chi connectivity index (χ3v) is 4.62. The van der Waals surface area contributed by atoms with Crippen LogP contribution < -0.4 is 0 Å². The van der Waals surface area contributed by atoms with E-state index in [1.165, 1.54) is 58.3 Å². The Kier molecular flexibility index (Phi) is 29.3. The number of carbonyl (C=O) groups excluding carboxylic acids is 3. The van der Waals surface area contributed by atoms with Gasteiger partial charge < -0.3 is 14.6 Å². The molecular formula is C32H60O6S. The zero-order chi connectivity index (χ0) is 29.4. The van der Waals surface area contributed by atoms with Gasteiger partial charge >= 0.3 is 11.9 Å². The number of hydrogen-bond acceptors (Lipinski definition) is 6. The monoisotopic (exact) mass is 572 g/mol. The lowest BCUT2D eigenvalue weighted by molar-refractivity contribution is -0.159. The van der Waals surface area contributed by atoms with Crippen molar-refractivity contribution in [2.75, 3.05) is 13.2 Å². The number of esters is 2. The minimum atomic E-state index is -0.922. The van der Waals surface area contributed by atoms with Crippen LogP contribution in [0.5, 0.6) is 0 Å². The first-order chi connectivity index (χ1) is 18.9. The van der Waals surface area contributed by atoms with Crippen LogP contribution in [0.3, 0.4) is 0 Å². The minimum Gasteiger partial charge on any atom is -0.456 e. The molecule has 7 heteroatoms. The summed E-state index contributed by atoms with van der Waals surface area (Å²) in [6.45, 7) is 2.88. The molecule has 0 aliphatic rings. The van der Waals surface area contributed by atoms with E-state index in [1.807, 2.05) is 0 Å². The van der Waals surface area contributed by atoms with Crippen LogP contribution in [0.2, 0.25) is 0 Å². The van der Waals surface area contributed by atoms with Crippen molar-refractivity contribution in [1.29, 1.82) is 0 Å². The van der Waals surface area contributed by atoms with Crippen LogP contribution in [-0.4, -0.2) is 41.5 Å². The molecule has 0 rings (SSSR count). The molecule has 0 saturated carbocycles. The first kappa shape index (κ1) is 37.4. The van der Waals surface area contributed by atoms with Gasteiger partial charge in [-0.25, -0.2) is 4.79 Å². The number of unbranched alkanes of at least 4 members (excludes halogenated alkanes) is 10. The minimum absolute atomic E-state index is 0. The lowest BCUT2D eigenvalue weighted by Gasteiger charge is -2.14. The lowest BCUT2D eigenvalue weighted by Crippen LogP contribution is -2.28. The second kappa shape index (κ2) is 30.5. The number of thiol groups is 1. The molecule has 0 heterocycles. The van der Waals surface area contributed by atoms with Gasteiger partial charge in [0, 0.05) is 35.0 Å². The fourth-order valence-electron chi connectivity index (χ4n) is 2.84. The molecular weight excluding hydrogens is 512 g/mol. The summed E-state index contributed by atoms with van der Waals surface area (Å²) in [6.07, 6.45) is 17.4. The molecule has 0 spiro atoms. The lowest BCUT2D eigenvalue weighted by atomic mass is 10.1. The summed E-state index contributed by atoms with van der Waals surface area (Å²) in [5.41, 5.74) is 0. The van der Waals surface area contributed by atoms with E-state index in [9.17, 15) is 19.5 Å². The summed E-state index contributed by atoms with van der Waals surface area (Å²) in [4.78, 5) is 32.8. The van der Waals surface area contributed by atoms with Gasteiger partial charge in [-0.15, -0.1) is 19.1 Å². The highest BCUT2D eigenvalue weighted by Crippen LogP contribution is 2.12. The quantitative estimate of drug-likeness (QED) is 0.0684. The summed E-state index contributed by atoms with van der Waals surface area (Å²) in [7, 11) is 0. The van der Waals surface area contributed by atoms with Crippen LogP contribution >= 0.6 is 12.6 Å². The highest BCUT2D eigenvalue weighted by Gasteiger charge is 2.15. The molecule has 0 fully saturated rings. The van der Waals surface area contributed by atoms with Gasteiger partial charge in [0.15, 0.2) is 11.2 Å². The van der Waals surface area contributed by atoms with Crippen molar-refractivity contribution < 1.29 is 44.7 Å². The molecule has 0 aromatic heterocycles. The van der Waals surface area contributed by atoms with Gasteiger partial charge in [0.2, 0.25) is 0 Å². The van der Waals surface area contributed by atoms with Gasteiger partial charge in [0.1, 0.15) is 6.61 Å². The van der Waals surface area contributed by atoms with E-state index in [0.717, 1.165) is 19.3 Å². The summed E-state index contributed by atoms with van der Waals surface area (Å²) in [5.74, 6) is 24.4. The summed E-state index contributed by atoms with van der Waals surface area (Å²) >= 11 is 3.33. The van der Waals surface area contributed by atoms with Crippen molar-refractivity contribution >= 4 is 29.7 Å². The van der Waals surface area contributed by atoms with E-state index >= 15 is 0 Å². The highest BCUT2D eigenvalue weighted by molar-refractivity contribution is 7.96. The van der Waals surface area contributed by atoms with E-state index in [2.05, 4.69) is 84.7 Å². The Bertz CT molecular complexity index is 1110. The Morgan fingerprint density at radius 2 is 1.23 bits per heavy atom. The van der Waals surface area contributed by atoms with Gasteiger partial charge in [0.25, 0.3) is 0 Å². The van der Waals surface area contributed by atoms with Gasteiger partial charge in [-0.05, 0) is 65.6 Å². The average Bonchev–Trinajstić information content (AvgIpc) is 2.90. The van der Waals surface area contributed by atoms with Crippen molar-refractivity contribution in [1.82, 2.24) is 0 Å². The molecule has 39 heavy (non-hydrogen) atoms. The van der Waals surface area contributed by atoms with E-state index in [0.29, 0.717) is 0 Å². The number of aliphatic hydroxyl groups excluding tert-OH is 1. The molecule has 0 aromatic rings. The van der Waals surface area contributed by atoms with E-state index in [4.69, 9.17) is 15.9 Å². The van der Waals surface area contributed by atoms with Crippen molar-refractivity contribution in [3.8, 4) is 71.5 Å². The topological polar surface area (TPSA) is 89.9 Å². The fraction of sp³-hybridized carbons (Fsp3) is 0.531. The first-order valence-corrected chi connectivity index (χ1v) is 13.4. The van der Waals surface area contributed by atoms with E-state index in [1.54, 1.807) is 0 Å². The molecule has 0 unspecified atom stereocenters. The Morgan fingerprint density at radius 3 is 1.69 bits per heavy atom. The van der Waals surface area contributed by atoms with Crippen LogP contribution in [0.1, 0.15) is 107 Å². The summed E-state index contributed by atoms with van der Waals surface area (Å²) < 4.78 is 10.0. The molecule has 0 aliphatic carbocycles.